The van der Waals surface area contributed by atoms with Crippen LogP contribution in [0.1, 0.15) is 10.4 Å². The Morgan fingerprint density at radius 2 is 1.66 bits per heavy atom. The Morgan fingerprint density at radius 3 is 2.34 bits per heavy atom. The Bertz CT molecular complexity index is 1160. The van der Waals surface area contributed by atoms with Gasteiger partial charge >= 0.3 is 0 Å². The minimum Gasteiger partial charge on any atom is -0.322 e. The minimum atomic E-state index is -3.84. The maximum atomic E-state index is 12.9. The molecule has 1 N–H and O–H groups in total. The average Bonchev–Trinajstić information content (AvgIpc) is 2.74. The summed E-state index contributed by atoms with van der Waals surface area (Å²) in [5, 5.41) is 13.4. The monoisotopic (exact) mass is 411 g/mol. The molecule has 0 spiro atoms. The number of nitro benzene ring substituents is 1. The number of para-hydroxylation sites is 1. The van der Waals surface area contributed by atoms with E-state index < -0.39 is 20.9 Å². The van der Waals surface area contributed by atoms with E-state index in [-0.39, 0.29) is 21.8 Å². The lowest BCUT2D eigenvalue weighted by Crippen LogP contribution is -2.26. The van der Waals surface area contributed by atoms with Gasteiger partial charge in [0.1, 0.15) is 0 Å². The van der Waals surface area contributed by atoms with E-state index >= 15 is 0 Å². The molecule has 1 amide bonds. The van der Waals surface area contributed by atoms with Crippen LogP contribution in [0.4, 0.5) is 17.1 Å². The highest BCUT2D eigenvalue weighted by Gasteiger charge is 2.22. The molecule has 3 aromatic carbocycles. The van der Waals surface area contributed by atoms with Crippen molar-refractivity contribution < 1.29 is 18.1 Å². The number of rotatable bonds is 6. The second-order valence-corrected chi connectivity index (χ2v) is 8.07. The number of amides is 1. The van der Waals surface area contributed by atoms with Crippen LogP contribution in [0.25, 0.3) is 0 Å². The van der Waals surface area contributed by atoms with Gasteiger partial charge in [-0.2, -0.15) is 0 Å². The van der Waals surface area contributed by atoms with Gasteiger partial charge in [0.2, 0.25) is 0 Å². The molecule has 0 radical (unpaired) electrons. The zero-order valence-electron chi connectivity index (χ0n) is 15.3. The van der Waals surface area contributed by atoms with E-state index in [2.05, 4.69) is 5.32 Å². The molecule has 0 aliphatic carbocycles. The molecular weight excluding hydrogens is 394 g/mol. The minimum absolute atomic E-state index is 0.000644. The molecule has 0 unspecified atom stereocenters. The standard InChI is InChI=1S/C20H17N3O5S/c1-22(17-9-3-2-4-10-17)29(27,28)19-12-6-8-16(14-19)21-20(24)15-7-5-11-18(13-15)23(25)26/h2-14H,1H3,(H,21,24). The third-order valence-corrected chi connectivity index (χ3v) is 5.97. The Morgan fingerprint density at radius 1 is 0.966 bits per heavy atom. The van der Waals surface area contributed by atoms with E-state index in [1.54, 1.807) is 30.3 Å². The first-order valence-electron chi connectivity index (χ1n) is 8.49. The number of hydrogen-bond acceptors (Lipinski definition) is 5. The number of sulfonamides is 1. The Labute approximate surface area is 167 Å². The fraction of sp³-hybridized carbons (Fsp3) is 0.0500. The normalized spacial score (nSPS) is 10.9. The van der Waals surface area contributed by atoms with Gasteiger partial charge in [-0.25, -0.2) is 8.42 Å². The highest BCUT2D eigenvalue weighted by Crippen LogP contribution is 2.24. The quantitative estimate of drug-likeness (QED) is 0.492. The fourth-order valence-corrected chi connectivity index (χ4v) is 3.88. The molecule has 0 saturated carbocycles. The smallest absolute Gasteiger partial charge is 0.270 e. The summed E-state index contributed by atoms with van der Waals surface area (Å²) in [6.07, 6.45) is 0. The molecule has 0 aliphatic heterocycles. The van der Waals surface area contributed by atoms with Crippen molar-refractivity contribution in [2.75, 3.05) is 16.7 Å². The van der Waals surface area contributed by atoms with Crippen LogP contribution in [0.15, 0.2) is 83.8 Å². The summed E-state index contributed by atoms with van der Waals surface area (Å²) in [6, 6.07) is 19.7. The van der Waals surface area contributed by atoms with Crippen LogP contribution in [0, 0.1) is 10.1 Å². The lowest BCUT2D eigenvalue weighted by atomic mass is 10.2. The fourth-order valence-electron chi connectivity index (χ4n) is 2.63. The van der Waals surface area contributed by atoms with E-state index in [0.29, 0.717) is 5.69 Å². The van der Waals surface area contributed by atoms with Crippen molar-refractivity contribution in [3.63, 3.8) is 0 Å². The molecule has 0 heterocycles. The summed E-state index contributed by atoms with van der Waals surface area (Å²) in [5.74, 6) is -0.584. The predicted molar refractivity (Wildman–Crippen MR) is 110 cm³/mol. The first-order valence-corrected chi connectivity index (χ1v) is 9.93. The third kappa shape index (κ3) is 4.41. The zero-order chi connectivity index (χ0) is 21.0. The van der Waals surface area contributed by atoms with Crippen LogP contribution < -0.4 is 9.62 Å². The van der Waals surface area contributed by atoms with Gasteiger partial charge in [0.05, 0.1) is 15.5 Å². The van der Waals surface area contributed by atoms with Crippen molar-refractivity contribution in [3.8, 4) is 0 Å². The summed E-state index contributed by atoms with van der Waals surface area (Å²) in [4.78, 5) is 22.7. The largest absolute Gasteiger partial charge is 0.322 e. The van der Waals surface area contributed by atoms with Gasteiger partial charge in [-0.05, 0) is 36.4 Å². The molecule has 8 nitrogen and oxygen atoms in total. The maximum absolute atomic E-state index is 12.9. The third-order valence-electron chi connectivity index (χ3n) is 4.19. The molecule has 0 bridgehead atoms. The van der Waals surface area contributed by atoms with Gasteiger partial charge in [-0.3, -0.25) is 19.2 Å². The van der Waals surface area contributed by atoms with Crippen LogP contribution in [-0.4, -0.2) is 26.3 Å². The van der Waals surface area contributed by atoms with Crippen LogP contribution in [0.5, 0.6) is 0 Å². The number of anilines is 2. The maximum Gasteiger partial charge on any atom is 0.270 e. The number of hydrogen-bond donors (Lipinski definition) is 1. The van der Waals surface area contributed by atoms with E-state index in [4.69, 9.17) is 0 Å². The van der Waals surface area contributed by atoms with E-state index in [0.717, 1.165) is 10.4 Å². The molecule has 3 aromatic rings. The van der Waals surface area contributed by atoms with Gasteiger partial charge in [-0.1, -0.05) is 30.3 Å². The van der Waals surface area contributed by atoms with Crippen LogP contribution in [0.3, 0.4) is 0 Å². The lowest BCUT2D eigenvalue weighted by molar-refractivity contribution is -0.384. The predicted octanol–water partition coefficient (Wildman–Crippen LogP) is 3.67. The van der Waals surface area contributed by atoms with Crippen LogP contribution in [0.2, 0.25) is 0 Å². The number of nitrogens with zero attached hydrogens (tertiary/aromatic N) is 2. The highest BCUT2D eigenvalue weighted by molar-refractivity contribution is 7.92. The van der Waals surface area contributed by atoms with Crippen molar-refractivity contribution in [1.82, 2.24) is 0 Å². The SMILES string of the molecule is CN(c1ccccc1)S(=O)(=O)c1cccc(NC(=O)c2cccc([N+](=O)[O-])c2)c1. The van der Waals surface area contributed by atoms with Crippen molar-refractivity contribution >= 4 is 33.0 Å². The van der Waals surface area contributed by atoms with Crippen molar-refractivity contribution in [2.24, 2.45) is 0 Å². The molecule has 148 valence electrons. The molecule has 9 heteroatoms. The molecule has 3 rings (SSSR count). The second-order valence-electron chi connectivity index (χ2n) is 6.10. The van der Waals surface area contributed by atoms with Crippen molar-refractivity contribution in [1.29, 1.82) is 0 Å². The number of nitro groups is 1. The summed E-state index contributed by atoms with van der Waals surface area (Å²) in [6.45, 7) is 0. The Hall–Kier alpha value is -3.72. The number of benzene rings is 3. The summed E-state index contributed by atoms with van der Waals surface area (Å²) in [5.41, 5.74) is 0.634. The molecular formula is C20H17N3O5S. The second kappa shape index (κ2) is 8.11. The Balaban J connectivity index is 1.85. The molecule has 29 heavy (non-hydrogen) atoms. The molecule has 0 saturated heterocycles. The summed E-state index contributed by atoms with van der Waals surface area (Å²) < 4.78 is 26.9. The van der Waals surface area contributed by atoms with Crippen molar-refractivity contribution in [2.45, 2.75) is 4.90 Å². The molecule has 0 fully saturated rings. The Kier molecular flexibility index (Phi) is 5.60. The first-order chi connectivity index (χ1) is 13.8. The van der Waals surface area contributed by atoms with Gasteiger partial charge in [0.25, 0.3) is 21.6 Å². The summed E-state index contributed by atoms with van der Waals surface area (Å²) >= 11 is 0. The molecule has 0 atom stereocenters. The van der Waals surface area contributed by atoms with Gasteiger partial charge in [0.15, 0.2) is 0 Å². The highest BCUT2D eigenvalue weighted by atomic mass is 32.2. The molecule has 0 aliphatic rings. The number of non-ortho nitro benzene ring substituents is 1. The summed E-state index contributed by atoms with van der Waals surface area (Å²) in [7, 11) is -2.40. The van der Waals surface area contributed by atoms with Crippen LogP contribution in [-0.2, 0) is 10.0 Å². The molecule has 0 aromatic heterocycles. The average molecular weight is 411 g/mol. The number of carbonyl (C=O) groups is 1. The first kappa shape index (κ1) is 20.0. The van der Waals surface area contributed by atoms with Gasteiger partial charge in [0, 0.05) is 30.4 Å². The van der Waals surface area contributed by atoms with Crippen LogP contribution >= 0.6 is 0 Å². The van der Waals surface area contributed by atoms with Gasteiger partial charge < -0.3 is 5.32 Å². The van der Waals surface area contributed by atoms with E-state index in [9.17, 15) is 23.3 Å². The number of nitrogens with one attached hydrogen (secondary N) is 1. The van der Waals surface area contributed by atoms with Gasteiger partial charge in [-0.15, -0.1) is 0 Å². The lowest BCUT2D eigenvalue weighted by Gasteiger charge is -2.19. The van der Waals surface area contributed by atoms with E-state index in [1.807, 2.05) is 0 Å². The zero-order valence-corrected chi connectivity index (χ0v) is 16.2. The van der Waals surface area contributed by atoms with E-state index in [1.165, 1.54) is 49.5 Å². The topological polar surface area (TPSA) is 110 Å². The van der Waals surface area contributed by atoms with Crippen molar-refractivity contribution in [3.05, 3.63) is 94.5 Å². The number of carbonyl (C=O) groups excluding carboxylic acids is 1.